The van der Waals surface area contributed by atoms with Gasteiger partial charge in [-0.05, 0) is 62.8 Å². The number of rotatable bonds is 17. The van der Waals surface area contributed by atoms with Crippen LogP contribution >= 0.6 is 0 Å². The highest BCUT2D eigenvalue weighted by Crippen LogP contribution is 2.27. The third-order valence-corrected chi connectivity index (χ3v) is 7.93. The number of nitrogens with zero attached hydrogens (tertiary/aromatic N) is 1. The number of ketones is 2. The number of hydrogen-bond acceptors (Lipinski definition) is 6. The fraction of sp³-hybridized carbons (Fsp3) is 0.636. The van der Waals surface area contributed by atoms with Gasteiger partial charge in [-0.15, -0.1) is 0 Å². The molecule has 2 amide bonds. The second kappa shape index (κ2) is 17.2. The lowest BCUT2D eigenvalue weighted by Crippen LogP contribution is -2.45. The van der Waals surface area contributed by atoms with Crippen LogP contribution in [0.2, 0.25) is 0 Å². The minimum Gasteiger partial charge on any atom is -0.356 e. The SMILES string of the molecule is CC(=O)[C@@H](N)CCCNC(=O)[C@@H](CC(=O)[C@@H]1CCCN1C(=O)[C@H](/C=C/[C@@H](N)CC(C)C)Cc1ccccc1)C(C)C. The van der Waals surface area contributed by atoms with Gasteiger partial charge in [-0.1, -0.05) is 70.2 Å². The van der Waals surface area contributed by atoms with Crippen molar-refractivity contribution in [2.24, 2.45) is 35.1 Å². The van der Waals surface area contributed by atoms with Crippen LogP contribution in [0.4, 0.5) is 0 Å². The third-order valence-electron chi connectivity index (χ3n) is 7.93. The molecule has 1 aromatic carbocycles. The van der Waals surface area contributed by atoms with Gasteiger partial charge in [0.05, 0.1) is 18.0 Å². The van der Waals surface area contributed by atoms with E-state index in [-0.39, 0.29) is 41.8 Å². The molecule has 0 unspecified atom stereocenters. The molecule has 1 saturated heterocycles. The average Bonchev–Trinajstić information content (AvgIpc) is 3.41. The van der Waals surface area contributed by atoms with Gasteiger partial charge in [-0.25, -0.2) is 0 Å². The van der Waals surface area contributed by atoms with E-state index in [4.69, 9.17) is 11.5 Å². The fourth-order valence-electron chi connectivity index (χ4n) is 5.44. The highest BCUT2D eigenvalue weighted by Gasteiger charge is 2.38. The lowest BCUT2D eigenvalue weighted by molar-refractivity contribution is -0.140. The molecule has 5 atom stereocenters. The Morgan fingerprint density at radius 3 is 2.34 bits per heavy atom. The minimum absolute atomic E-state index is 0.0415. The molecule has 8 heteroatoms. The number of Topliss-reactive ketones (excluding diaryl/α,β-unsaturated/α-hetero) is 2. The molecule has 1 aromatic rings. The summed E-state index contributed by atoms with van der Waals surface area (Å²) < 4.78 is 0. The summed E-state index contributed by atoms with van der Waals surface area (Å²) in [5, 5.41) is 2.91. The van der Waals surface area contributed by atoms with Crippen LogP contribution in [0.25, 0.3) is 0 Å². The molecule has 41 heavy (non-hydrogen) atoms. The Kier molecular flexibility index (Phi) is 14.4. The van der Waals surface area contributed by atoms with E-state index < -0.39 is 23.9 Å². The molecule has 8 nitrogen and oxygen atoms in total. The van der Waals surface area contributed by atoms with E-state index in [1.165, 1.54) is 6.92 Å². The second-order valence-electron chi connectivity index (χ2n) is 12.3. The maximum Gasteiger partial charge on any atom is 0.230 e. The van der Waals surface area contributed by atoms with E-state index >= 15 is 0 Å². The normalized spacial score (nSPS) is 18.5. The molecular weight excluding hydrogens is 516 g/mol. The van der Waals surface area contributed by atoms with Gasteiger partial charge in [0.15, 0.2) is 5.78 Å². The molecule has 5 N–H and O–H groups in total. The van der Waals surface area contributed by atoms with E-state index in [0.29, 0.717) is 44.7 Å². The molecule has 1 fully saturated rings. The standard InChI is InChI=1S/C33H52N4O4/c1-22(2)19-27(34)16-15-26(20-25-11-7-6-8-12-25)33(41)37-18-10-14-30(37)31(39)21-28(23(3)4)32(40)36-17-9-13-29(35)24(5)38/h6-8,11-12,15-16,22-23,26-30H,9-10,13-14,17-21,34-35H2,1-5H3,(H,36,40)/b16-15+/t26-,27-,28+,29+,30+/m1/s1. The van der Waals surface area contributed by atoms with Crippen molar-refractivity contribution in [3.05, 3.63) is 48.0 Å². The van der Waals surface area contributed by atoms with Crippen molar-refractivity contribution in [2.75, 3.05) is 13.1 Å². The van der Waals surface area contributed by atoms with E-state index in [2.05, 4.69) is 19.2 Å². The summed E-state index contributed by atoms with van der Waals surface area (Å²) in [6, 6.07) is 8.70. The average molecular weight is 569 g/mol. The fourth-order valence-corrected chi connectivity index (χ4v) is 5.44. The summed E-state index contributed by atoms with van der Waals surface area (Å²) in [5.74, 6) is -0.886. The molecule has 0 saturated carbocycles. The zero-order valence-electron chi connectivity index (χ0n) is 25.7. The molecule has 0 spiro atoms. The quantitative estimate of drug-likeness (QED) is 0.193. The van der Waals surface area contributed by atoms with Crippen LogP contribution in [-0.4, -0.2) is 59.5 Å². The predicted molar refractivity (Wildman–Crippen MR) is 164 cm³/mol. The number of carbonyl (C=O) groups excluding carboxylic acids is 4. The van der Waals surface area contributed by atoms with Crippen LogP contribution in [0.15, 0.2) is 42.5 Å². The van der Waals surface area contributed by atoms with Gasteiger partial charge in [0, 0.05) is 31.5 Å². The summed E-state index contributed by atoms with van der Waals surface area (Å²) in [6.45, 7) is 10.5. The van der Waals surface area contributed by atoms with Crippen molar-refractivity contribution in [1.82, 2.24) is 10.2 Å². The van der Waals surface area contributed by atoms with E-state index in [0.717, 1.165) is 18.4 Å². The first-order valence-electron chi connectivity index (χ1n) is 15.2. The van der Waals surface area contributed by atoms with Crippen LogP contribution in [0.5, 0.6) is 0 Å². The van der Waals surface area contributed by atoms with Gasteiger partial charge < -0.3 is 21.7 Å². The van der Waals surface area contributed by atoms with Gasteiger partial charge in [-0.3, -0.25) is 19.2 Å². The Balaban J connectivity index is 2.10. The molecule has 0 aliphatic carbocycles. The summed E-state index contributed by atoms with van der Waals surface area (Å²) in [5.41, 5.74) is 13.1. The highest BCUT2D eigenvalue weighted by molar-refractivity contribution is 5.93. The maximum absolute atomic E-state index is 13.9. The van der Waals surface area contributed by atoms with Gasteiger partial charge in [-0.2, -0.15) is 0 Å². The molecule has 228 valence electrons. The predicted octanol–water partition coefficient (Wildman–Crippen LogP) is 3.81. The van der Waals surface area contributed by atoms with Crippen molar-refractivity contribution < 1.29 is 19.2 Å². The zero-order chi connectivity index (χ0) is 30.5. The molecular formula is C33H52N4O4. The Morgan fingerprint density at radius 1 is 1.05 bits per heavy atom. The number of benzene rings is 1. The van der Waals surface area contributed by atoms with Crippen LogP contribution < -0.4 is 16.8 Å². The number of likely N-dealkylation sites (tertiary alicyclic amines) is 1. The molecule has 1 aliphatic rings. The van der Waals surface area contributed by atoms with Gasteiger partial charge in [0.2, 0.25) is 11.8 Å². The third kappa shape index (κ3) is 11.5. The van der Waals surface area contributed by atoms with Crippen molar-refractivity contribution in [2.45, 2.75) is 97.7 Å². The summed E-state index contributed by atoms with van der Waals surface area (Å²) in [6.07, 6.45) is 7.76. The van der Waals surface area contributed by atoms with Crippen molar-refractivity contribution in [3.8, 4) is 0 Å². The number of nitrogens with two attached hydrogens (primary N) is 2. The van der Waals surface area contributed by atoms with E-state index in [9.17, 15) is 19.2 Å². The monoisotopic (exact) mass is 568 g/mol. The molecule has 0 aromatic heterocycles. The van der Waals surface area contributed by atoms with Gasteiger partial charge in [0.25, 0.3) is 0 Å². The summed E-state index contributed by atoms with van der Waals surface area (Å²) in [4.78, 5) is 53.5. The van der Waals surface area contributed by atoms with E-state index in [1.807, 2.05) is 56.3 Å². The van der Waals surface area contributed by atoms with E-state index in [1.54, 1.807) is 4.90 Å². The molecule has 2 rings (SSSR count). The first-order chi connectivity index (χ1) is 19.4. The molecule has 0 bridgehead atoms. The first-order valence-corrected chi connectivity index (χ1v) is 15.2. The number of amides is 2. The lowest BCUT2D eigenvalue weighted by Gasteiger charge is -2.29. The molecule has 1 heterocycles. The largest absolute Gasteiger partial charge is 0.356 e. The van der Waals surface area contributed by atoms with Crippen molar-refractivity contribution in [1.29, 1.82) is 0 Å². The Hall–Kier alpha value is -2.84. The summed E-state index contributed by atoms with van der Waals surface area (Å²) >= 11 is 0. The van der Waals surface area contributed by atoms with Crippen molar-refractivity contribution in [3.63, 3.8) is 0 Å². The van der Waals surface area contributed by atoms with Gasteiger partial charge in [0.1, 0.15) is 5.78 Å². The Morgan fingerprint density at radius 2 is 1.73 bits per heavy atom. The summed E-state index contributed by atoms with van der Waals surface area (Å²) in [7, 11) is 0. The van der Waals surface area contributed by atoms with Crippen LogP contribution in [0, 0.1) is 23.7 Å². The topological polar surface area (TPSA) is 136 Å². The lowest BCUT2D eigenvalue weighted by atomic mass is 9.87. The Labute approximate surface area is 246 Å². The zero-order valence-corrected chi connectivity index (χ0v) is 25.7. The first kappa shape index (κ1) is 34.4. The van der Waals surface area contributed by atoms with Crippen LogP contribution in [0.1, 0.15) is 78.7 Å². The molecule has 0 radical (unpaired) electrons. The number of nitrogens with one attached hydrogen (secondary N) is 1. The number of hydrogen-bond donors (Lipinski definition) is 3. The smallest absolute Gasteiger partial charge is 0.230 e. The van der Waals surface area contributed by atoms with Crippen LogP contribution in [0.3, 0.4) is 0 Å². The molecule has 1 aliphatic heterocycles. The second-order valence-corrected chi connectivity index (χ2v) is 12.3. The van der Waals surface area contributed by atoms with Crippen molar-refractivity contribution >= 4 is 23.4 Å². The number of carbonyl (C=O) groups is 4. The highest BCUT2D eigenvalue weighted by atomic mass is 16.2. The minimum atomic E-state index is -0.527. The Bertz CT molecular complexity index is 1020. The van der Waals surface area contributed by atoms with Crippen LogP contribution in [-0.2, 0) is 25.6 Å². The van der Waals surface area contributed by atoms with Gasteiger partial charge >= 0.3 is 0 Å². The maximum atomic E-state index is 13.9.